The van der Waals surface area contributed by atoms with Crippen LogP contribution in [0.15, 0.2) is 43.0 Å². The molecule has 1 aromatic carbocycles. The van der Waals surface area contributed by atoms with E-state index >= 15 is 0 Å². The van der Waals surface area contributed by atoms with Crippen molar-refractivity contribution in [2.45, 2.75) is 37.9 Å². The molecular weight excluding hydrogens is 510 g/mol. The van der Waals surface area contributed by atoms with E-state index in [4.69, 9.17) is 9.72 Å². The first-order valence-electron chi connectivity index (χ1n) is 13.3. The molecule has 1 aliphatic heterocycles. The topological polar surface area (TPSA) is 135 Å². The summed E-state index contributed by atoms with van der Waals surface area (Å²) in [5, 5.41) is 16.7. The molecule has 5 aromatic rings. The van der Waals surface area contributed by atoms with Crippen LogP contribution in [0.2, 0.25) is 0 Å². The lowest BCUT2D eigenvalue weighted by atomic mass is 9.96. The number of hydrogen-bond acceptors (Lipinski definition) is 6. The molecule has 12 nitrogen and oxygen atoms in total. The molecule has 2 aliphatic rings. The van der Waals surface area contributed by atoms with Gasteiger partial charge in [-0.15, -0.1) is 0 Å². The summed E-state index contributed by atoms with van der Waals surface area (Å²) >= 11 is 0. The quantitative estimate of drug-likeness (QED) is 0.318. The molecule has 1 fully saturated rings. The standard InChI is InChI=1S/C28H29N9O3/c1-35-14-18(13-31-35)24-22(15-4-7-21-16(8-15)12-32-36(21)2)23-25-17(10-29-26(23)34-24)11-30-27(38)37(25)20-6-5-19(9-20)33-28(39)40-3/h4,7-8,10,12-14,19-20H,5-6,9,11H2,1-3H3,(H,29,34)(H,30,38)(H,33,39)/t19-,20-/m1/s1. The van der Waals surface area contributed by atoms with Crippen molar-refractivity contribution in [2.75, 3.05) is 12.0 Å². The number of hydrogen-bond donors (Lipinski definition) is 3. The Morgan fingerprint density at radius 1 is 1.12 bits per heavy atom. The van der Waals surface area contributed by atoms with E-state index in [-0.39, 0.29) is 18.1 Å². The molecule has 3 amide bonds. The van der Waals surface area contributed by atoms with Crippen molar-refractivity contribution in [1.82, 2.24) is 40.2 Å². The first kappa shape index (κ1) is 24.2. The molecule has 0 saturated heterocycles. The summed E-state index contributed by atoms with van der Waals surface area (Å²) in [6.07, 6.45) is 9.16. The van der Waals surface area contributed by atoms with Gasteiger partial charge in [-0.1, -0.05) is 6.07 Å². The second kappa shape index (κ2) is 9.11. The Morgan fingerprint density at radius 2 is 2.00 bits per heavy atom. The fourth-order valence-corrected chi connectivity index (χ4v) is 6.21. The van der Waals surface area contributed by atoms with Gasteiger partial charge in [0.05, 0.1) is 41.8 Å². The third-order valence-corrected chi connectivity index (χ3v) is 8.07. The zero-order chi connectivity index (χ0) is 27.5. The number of aryl methyl sites for hydroxylation is 2. The second-order valence-electron chi connectivity index (χ2n) is 10.5. The third-order valence-electron chi connectivity index (χ3n) is 8.07. The van der Waals surface area contributed by atoms with E-state index in [0.29, 0.717) is 18.6 Å². The van der Waals surface area contributed by atoms with Gasteiger partial charge in [0.25, 0.3) is 0 Å². The maximum Gasteiger partial charge on any atom is 0.407 e. The van der Waals surface area contributed by atoms with Crippen molar-refractivity contribution in [3.8, 4) is 22.4 Å². The lowest BCUT2D eigenvalue weighted by molar-refractivity contribution is 0.166. The zero-order valence-corrected chi connectivity index (χ0v) is 22.4. The number of carbonyl (C=O) groups excluding carboxylic acids is 2. The number of benzene rings is 1. The third kappa shape index (κ3) is 3.78. The van der Waals surface area contributed by atoms with Crippen LogP contribution in [-0.2, 0) is 25.4 Å². The Labute approximate surface area is 229 Å². The lowest BCUT2D eigenvalue weighted by Gasteiger charge is -2.35. The highest BCUT2D eigenvalue weighted by molar-refractivity contribution is 6.14. The number of nitrogens with one attached hydrogen (secondary N) is 3. The van der Waals surface area contributed by atoms with Crippen LogP contribution in [-0.4, -0.2) is 60.8 Å². The van der Waals surface area contributed by atoms with Gasteiger partial charge in [0.2, 0.25) is 0 Å². The van der Waals surface area contributed by atoms with E-state index in [0.717, 1.165) is 62.8 Å². The number of H-pyrrole nitrogens is 1. The van der Waals surface area contributed by atoms with E-state index in [1.165, 1.54) is 7.11 Å². The number of methoxy groups -OCH3 is 1. The molecule has 0 unspecified atom stereocenters. The van der Waals surface area contributed by atoms with E-state index < -0.39 is 6.09 Å². The predicted molar refractivity (Wildman–Crippen MR) is 150 cm³/mol. The summed E-state index contributed by atoms with van der Waals surface area (Å²) in [6, 6.07) is 5.96. The van der Waals surface area contributed by atoms with Crippen LogP contribution in [0.5, 0.6) is 0 Å². The number of nitrogens with zero attached hydrogens (tertiary/aromatic N) is 6. The largest absolute Gasteiger partial charge is 0.453 e. The number of pyridine rings is 1. The second-order valence-corrected chi connectivity index (χ2v) is 10.5. The van der Waals surface area contributed by atoms with Crippen LogP contribution < -0.4 is 15.5 Å². The molecule has 40 heavy (non-hydrogen) atoms. The molecule has 0 radical (unpaired) electrons. The monoisotopic (exact) mass is 539 g/mol. The minimum Gasteiger partial charge on any atom is -0.453 e. The molecule has 1 aliphatic carbocycles. The number of alkyl carbamates (subject to hydrolysis) is 1. The summed E-state index contributed by atoms with van der Waals surface area (Å²) < 4.78 is 8.42. The van der Waals surface area contributed by atoms with Crippen molar-refractivity contribution in [1.29, 1.82) is 0 Å². The highest BCUT2D eigenvalue weighted by atomic mass is 16.5. The maximum absolute atomic E-state index is 13.5. The first-order chi connectivity index (χ1) is 19.4. The number of urea groups is 1. The average molecular weight is 540 g/mol. The van der Waals surface area contributed by atoms with Crippen LogP contribution in [0.4, 0.5) is 15.3 Å². The van der Waals surface area contributed by atoms with Gasteiger partial charge in [-0.2, -0.15) is 10.2 Å². The lowest BCUT2D eigenvalue weighted by Crippen LogP contribution is -2.49. The van der Waals surface area contributed by atoms with Crippen LogP contribution in [0.25, 0.3) is 44.3 Å². The Hall–Kier alpha value is -4.87. The van der Waals surface area contributed by atoms with Gasteiger partial charge >= 0.3 is 12.1 Å². The van der Waals surface area contributed by atoms with E-state index in [1.807, 2.05) is 48.5 Å². The van der Waals surface area contributed by atoms with Gasteiger partial charge in [-0.3, -0.25) is 14.3 Å². The fraction of sp³-hybridized carbons (Fsp3) is 0.321. The molecule has 5 heterocycles. The fourth-order valence-electron chi connectivity index (χ4n) is 6.21. The minimum absolute atomic E-state index is 0.0717. The molecular formula is C28H29N9O3. The summed E-state index contributed by atoms with van der Waals surface area (Å²) in [5.74, 6) is 0. The van der Waals surface area contributed by atoms with E-state index in [9.17, 15) is 9.59 Å². The average Bonchev–Trinajstić information content (AvgIpc) is 3.74. The molecule has 0 spiro atoms. The number of aromatic amines is 1. The van der Waals surface area contributed by atoms with Crippen molar-refractivity contribution in [3.63, 3.8) is 0 Å². The van der Waals surface area contributed by atoms with E-state index in [1.54, 1.807) is 4.68 Å². The van der Waals surface area contributed by atoms with Gasteiger partial charge in [0, 0.05) is 67.2 Å². The SMILES string of the molecule is COC(=O)N[C@@H]1CC[C@@H](N2C(=O)NCc3cnc4[nH]c(-c5cnn(C)c5)c(-c5ccc6c(cnn6C)c5)c4c32)C1. The molecule has 204 valence electrons. The molecule has 12 heteroatoms. The zero-order valence-electron chi connectivity index (χ0n) is 22.4. The minimum atomic E-state index is -0.458. The van der Waals surface area contributed by atoms with Crippen LogP contribution in [0.1, 0.15) is 24.8 Å². The number of anilines is 1. The highest BCUT2D eigenvalue weighted by Gasteiger charge is 2.39. The molecule has 2 atom stereocenters. The summed E-state index contributed by atoms with van der Waals surface area (Å²) in [6.45, 7) is 0.388. The number of rotatable bonds is 4. The summed E-state index contributed by atoms with van der Waals surface area (Å²) in [4.78, 5) is 35.6. The number of fused-ring (bicyclic) bond motifs is 4. The van der Waals surface area contributed by atoms with Gasteiger partial charge in [-0.25, -0.2) is 14.6 Å². The number of aromatic nitrogens is 6. The number of carbonyl (C=O) groups is 2. The van der Waals surface area contributed by atoms with Crippen LogP contribution in [0, 0.1) is 0 Å². The first-order valence-corrected chi connectivity index (χ1v) is 13.3. The van der Waals surface area contributed by atoms with Crippen molar-refractivity contribution in [3.05, 3.63) is 48.5 Å². The Bertz CT molecular complexity index is 1800. The number of ether oxygens (including phenoxy) is 1. The predicted octanol–water partition coefficient (Wildman–Crippen LogP) is 3.82. The van der Waals surface area contributed by atoms with Gasteiger partial charge in [0.15, 0.2) is 0 Å². The maximum atomic E-state index is 13.5. The van der Waals surface area contributed by atoms with Crippen LogP contribution in [0.3, 0.4) is 0 Å². The van der Waals surface area contributed by atoms with Gasteiger partial charge in [-0.05, 0) is 37.0 Å². The van der Waals surface area contributed by atoms with Crippen molar-refractivity contribution in [2.24, 2.45) is 14.1 Å². The highest BCUT2D eigenvalue weighted by Crippen LogP contribution is 2.46. The van der Waals surface area contributed by atoms with Gasteiger partial charge in [0.1, 0.15) is 5.65 Å². The molecule has 0 bridgehead atoms. The smallest absolute Gasteiger partial charge is 0.407 e. The Kier molecular flexibility index (Phi) is 5.51. The van der Waals surface area contributed by atoms with Crippen molar-refractivity contribution >= 4 is 39.7 Å². The van der Waals surface area contributed by atoms with Gasteiger partial charge < -0.3 is 20.4 Å². The van der Waals surface area contributed by atoms with Crippen molar-refractivity contribution < 1.29 is 14.3 Å². The number of amides is 3. The molecule has 1 saturated carbocycles. The molecule has 3 N–H and O–H groups in total. The van der Waals surface area contributed by atoms with Crippen LogP contribution >= 0.6 is 0 Å². The summed E-state index contributed by atoms with van der Waals surface area (Å²) in [5.41, 5.74) is 7.27. The Morgan fingerprint density at radius 3 is 2.80 bits per heavy atom. The molecule has 7 rings (SSSR count). The summed E-state index contributed by atoms with van der Waals surface area (Å²) in [7, 11) is 5.17. The van der Waals surface area contributed by atoms with E-state index in [2.05, 4.69) is 44.0 Å². The molecule has 4 aromatic heterocycles. The Balaban J connectivity index is 1.44. The normalized spacial score (nSPS) is 18.8.